The highest BCUT2D eigenvalue weighted by Crippen LogP contribution is 2.46. The van der Waals surface area contributed by atoms with Crippen molar-refractivity contribution in [1.82, 2.24) is 19.7 Å². The Balaban J connectivity index is 1.67. The van der Waals surface area contributed by atoms with Gasteiger partial charge in [-0.2, -0.15) is 5.10 Å². The fourth-order valence-electron chi connectivity index (χ4n) is 5.14. The second kappa shape index (κ2) is 9.38. The van der Waals surface area contributed by atoms with Gasteiger partial charge in [-0.15, -0.1) is 0 Å². The van der Waals surface area contributed by atoms with Crippen LogP contribution in [0.2, 0.25) is 5.02 Å². The minimum atomic E-state index is -0.860. The lowest BCUT2D eigenvalue weighted by Crippen LogP contribution is -2.61. The summed E-state index contributed by atoms with van der Waals surface area (Å²) in [5.74, 6) is 0.675. The molecule has 0 aliphatic carbocycles. The SMILES string of the molecule is Cn1cc(-c2cc3c(OCC[C@@]4(C(C)(C)C)CCCCN4C(=O)O)c(Br)cnc3cc2Cl)cn1. The van der Waals surface area contributed by atoms with Gasteiger partial charge in [0, 0.05) is 48.9 Å². The van der Waals surface area contributed by atoms with Gasteiger partial charge in [0.2, 0.25) is 0 Å². The number of ether oxygens (including phenoxy) is 1. The van der Waals surface area contributed by atoms with Gasteiger partial charge in [0.25, 0.3) is 0 Å². The third-order valence-electron chi connectivity index (χ3n) is 7.01. The second-order valence-corrected chi connectivity index (χ2v) is 11.2. The number of pyridine rings is 1. The van der Waals surface area contributed by atoms with E-state index in [9.17, 15) is 9.90 Å². The molecular formula is C25H30BrClN4O3. The Kier molecular flexibility index (Phi) is 6.84. The summed E-state index contributed by atoms with van der Waals surface area (Å²) in [4.78, 5) is 18.3. The largest absolute Gasteiger partial charge is 0.492 e. The quantitative estimate of drug-likeness (QED) is 0.380. The number of nitrogens with zero attached hydrogens (tertiary/aromatic N) is 4. The van der Waals surface area contributed by atoms with Gasteiger partial charge in [-0.3, -0.25) is 9.67 Å². The molecule has 1 atom stereocenters. The summed E-state index contributed by atoms with van der Waals surface area (Å²) in [6.07, 6.45) is 7.86. The Morgan fingerprint density at radius 1 is 1.29 bits per heavy atom. The number of amides is 1. The summed E-state index contributed by atoms with van der Waals surface area (Å²) < 4.78 is 8.84. The molecule has 3 aromatic rings. The van der Waals surface area contributed by atoms with Crippen molar-refractivity contribution < 1.29 is 14.6 Å². The highest BCUT2D eigenvalue weighted by Gasteiger charge is 2.49. The lowest BCUT2D eigenvalue weighted by atomic mass is 9.66. The maximum Gasteiger partial charge on any atom is 0.407 e. The van der Waals surface area contributed by atoms with Gasteiger partial charge in [-0.05, 0) is 52.7 Å². The van der Waals surface area contributed by atoms with Crippen LogP contribution in [0.15, 0.2) is 35.2 Å². The zero-order valence-corrected chi connectivity index (χ0v) is 22.3. The van der Waals surface area contributed by atoms with E-state index in [1.54, 1.807) is 22.0 Å². The Labute approximate surface area is 213 Å². The number of benzene rings is 1. The molecule has 1 aliphatic heterocycles. The summed E-state index contributed by atoms with van der Waals surface area (Å²) in [7, 11) is 1.86. The number of carboxylic acid groups (broad SMARTS) is 1. The molecule has 1 aliphatic rings. The lowest BCUT2D eigenvalue weighted by Gasteiger charge is -2.53. The average Bonchev–Trinajstić information content (AvgIpc) is 3.20. The third kappa shape index (κ3) is 4.50. The molecule has 3 heterocycles. The monoisotopic (exact) mass is 548 g/mol. The highest BCUT2D eigenvalue weighted by molar-refractivity contribution is 9.10. The van der Waals surface area contributed by atoms with E-state index in [4.69, 9.17) is 16.3 Å². The summed E-state index contributed by atoms with van der Waals surface area (Å²) in [6, 6.07) is 3.81. The van der Waals surface area contributed by atoms with Crippen molar-refractivity contribution >= 4 is 44.5 Å². The van der Waals surface area contributed by atoms with Crippen LogP contribution in [0.4, 0.5) is 4.79 Å². The molecule has 0 saturated carbocycles. The molecular weight excluding hydrogens is 520 g/mol. The van der Waals surface area contributed by atoms with Crippen LogP contribution in [0.1, 0.15) is 46.5 Å². The van der Waals surface area contributed by atoms with Gasteiger partial charge >= 0.3 is 6.09 Å². The fourth-order valence-corrected chi connectivity index (χ4v) is 5.84. The molecule has 0 radical (unpaired) electrons. The van der Waals surface area contributed by atoms with Crippen LogP contribution >= 0.6 is 27.5 Å². The Morgan fingerprint density at radius 2 is 2.06 bits per heavy atom. The average molecular weight is 550 g/mol. The number of aromatic nitrogens is 3. The first-order chi connectivity index (χ1) is 16.0. The van der Waals surface area contributed by atoms with Crippen LogP contribution in [0.5, 0.6) is 5.75 Å². The molecule has 1 fully saturated rings. The van der Waals surface area contributed by atoms with Gasteiger partial charge in [-0.25, -0.2) is 4.79 Å². The van der Waals surface area contributed by atoms with Crippen molar-refractivity contribution in [2.45, 2.75) is 52.0 Å². The molecule has 0 bridgehead atoms. The van der Waals surface area contributed by atoms with Gasteiger partial charge in [-0.1, -0.05) is 32.4 Å². The molecule has 0 spiro atoms. The van der Waals surface area contributed by atoms with Crippen LogP contribution in [-0.4, -0.2) is 49.6 Å². The first kappa shape index (κ1) is 24.8. The van der Waals surface area contributed by atoms with E-state index in [1.165, 1.54) is 0 Å². The van der Waals surface area contributed by atoms with Gasteiger partial charge in [0.15, 0.2) is 0 Å². The minimum Gasteiger partial charge on any atom is -0.492 e. The van der Waals surface area contributed by atoms with Crippen molar-refractivity contribution in [1.29, 1.82) is 0 Å². The highest BCUT2D eigenvalue weighted by atomic mass is 79.9. The summed E-state index contributed by atoms with van der Waals surface area (Å²) >= 11 is 10.2. The molecule has 1 aromatic carbocycles. The van der Waals surface area contributed by atoms with E-state index in [2.05, 4.69) is 46.8 Å². The molecule has 0 unspecified atom stereocenters. The smallest absolute Gasteiger partial charge is 0.407 e. The predicted molar refractivity (Wildman–Crippen MR) is 138 cm³/mol. The Morgan fingerprint density at radius 3 is 2.71 bits per heavy atom. The molecule has 182 valence electrons. The molecule has 1 N–H and O–H groups in total. The van der Waals surface area contributed by atoms with Crippen LogP contribution in [0.25, 0.3) is 22.0 Å². The third-order valence-corrected chi connectivity index (χ3v) is 7.89. The number of likely N-dealkylation sites (tertiary alicyclic amines) is 1. The predicted octanol–water partition coefficient (Wildman–Crippen LogP) is 6.77. The number of halogens is 2. The lowest BCUT2D eigenvalue weighted by molar-refractivity contribution is -0.0373. The fraction of sp³-hybridized carbons (Fsp3) is 0.480. The second-order valence-electron chi connectivity index (χ2n) is 9.96. The Hall–Kier alpha value is -2.32. The van der Waals surface area contributed by atoms with Crippen LogP contribution < -0.4 is 4.74 Å². The normalized spacial score (nSPS) is 18.9. The molecule has 1 amide bonds. The van der Waals surface area contributed by atoms with E-state index >= 15 is 0 Å². The van der Waals surface area contributed by atoms with Crippen molar-refractivity contribution in [3.8, 4) is 16.9 Å². The zero-order valence-electron chi connectivity index (χ0n) is 19.9. The number of hydrogen-bond donors (Lipinski definition) is 1. The van der Waals surface area contributed by atoms with Crippen LogP contribution in [-0.2, 0) is 7.05 Å². The summed E-state index contributed by atoms with van der Waals surface area (Å²) in [5, 5.41) is 15.6. The van der Waals surface area contributed by atoms with Crippen LogP contribution in [0.3, 0.4) is 0 Å². The minimum absolute atomic E-state index is 0.228. The maximum atomic E-state index is 12.1. The number of piperidine rings is 1. The van der Waals surface area contributed by atoms with Gasteiger partial charge in [0.1, 0.15) is 5.75 Å². The van der Waals surface area contributed by atoms with Crippen molar-refractivity contribution in [2.24, 2.45) is 12.5 Å². The summed E-state index contributed by atoms with van der Waals surface area (Å²) in [5.41, 5.74) is 1.77. The maximum absolute atomic E-state index is 12.1. The first-order valence-electron chi connectivity index (χ1n) is 11.4. The number of hydrogen-bond acceptors (Lipinski definition) is 4. The molecule has 9 heteroatoms. The van der Waals surface area contributed by atoms with Gasteiger partial charge in [0.05, 0.1) is 33.4 Å². The van der Waals surface area contributed by atoms with E-state index in [0.29, 0.717) is 30.3 Å². The molecule has 1 saturated heterocycles. The van der Waals surface area contributed by atoms with Gasteiger partial charge < -0.3 is 14.7 Å². The topological polar surface area (TPSA) is 80.5 Å². The van der Waals surface area contributed by atoms with Crippen molar-refractivity contribution in [2.75, 3.05) is 13.2 Å². The van der Waals surface area contributed by atoms with E-state index < -0.39 is 11.6 Å². The Bertz CT molecular complexity index is 1220. The molecule has 2 aromatic heterocycles. The standard InChI is InChI=1S/C25H30BrClN4O3/c1-24(2,3)25(7-5-6-9-31(25)23(32)33)8-10-34-22-18-11-17(16-13-29-30(4)15-16)20(27)12-21(18)28-14-19(22)26/h11-15H,5-10H2,1-4H3,(H,32,33)/t25-/m1/s1. The number of fused-ring (bicyclic) bond motifs is 1. The zero-order chi connectivity index (χ0) is 24.7. The molecule has 7 nitrogen and oxygen atoms in total. The van der Waals surface area contributed by atoms with Crippen molar-refractivity contribution in [3.05, 3.63) is 40.2 Å². The first-order valence-corrected chi connectivity index (χ1v) is 12.6. The van der Waals surface area contributed by atoms with Crippen molar-refractivity contribution in [3.63, 3.8) is 0 Å². The number of carbonyl (C=O) groups is 1. The molecule has 4 rings (SSSR count). The van der Waals surface area contributed by atoms with E-state index in [-0.39, 0.29) is 5.41 Å². The van der Waals surface area contributed by atoms with Crippen LogP contribution in [0, 0.1) is 5.41 Å². The summed E-state index contributed by atoms with van der Waals surface area (Å²) in [6.45, 7) is 7.29. The number of aryl methyl sites for hydroxylation is 1. The number of rotatable bonds is 5. The molecule has 34 heavy (non-hydrogen) atoms. The van der Waals surface area contributed by atoms with E-state index in [1.807, 2.05) is 25.4 Å². The van der Waals surface area contributed by atoms with E-state index in [0.717, 1.165) is 45.8 Å².